The van der Waals surface area contributed by atoms with E-state index in [1.54, 1.807) is 0 Å². The van der Waals surface area contributed by atoms with Crippen LogP contribution in [0, 0.1) is 17.6 Å². The number of rotatable bonds is 6. The largest absolute Gasteiger partial charge is 0.382 e. The minimum atomic E-state index is -0.655. The van der Waals surface area contributed by atoms with Gasteiger partial charge in [0.25, 0.3) is 0 Å². The second-order valence-electron chi connectivity index (χ2n) is 4.50. The Morgan fingerprint density at radius 3 is 2.67 bits per heavy atom. The fourth-order valence-electron chi connectivity index (χ4n) is 1.35. The summed E-state index contributed by atoms with van der Waals surface area (Å²) in [6.45, 7) is 4.95. The summed E-state index contributed by atoms with van der Waals surface area (Å²) < 4.78 is 25.9. The van der Waals surface area contributed by atoms with Crippen molar-refractivity contribution in [2.45, 2.75) is 20.3 Å². The Bertz CT molecular complexity index is 408. The second-order valence-corrected chi connectivity index (χ2v) is 4.50. The molecule has 2 N–H and O–H groups in total. The molecule has 1 rings (SSSR count). The Hall–Kier alpha value is -1.65. The van der Waals surface area contributed by atoms with Crippen LogP contribution in [0.2, 0.25) is 0 Å². The average molecular weight is 256 g/mol. The molecule has 0 spiro atoms. The van der Waals surface area contributed by atoms with Crippen LogP contribution in [0.3, 0.4) is 0 Å². The SMILES string of the molecule is CC(C)CNC(=O)CCNc1ccc(F)cc1F. The van der Waals surface area contributed by atoms with E-state index in [1.807, 2.05) is 13.8 Å². The maximum absolute atomic E-state index is 13.2. The lowest BCUT2D eigenvalue weighted by Crippen LogP contribution is -2.28. The molecule has 5 heteroatoms. The van der Waals surface area contributed by atoms with Gasteiger partial charge in [-0.1, -0.05) is 13.8 Å². The molecule has 1 aromatic rings. The molecule has 0 heterocycles. The zero-order valence-electron chi connectivity index (χ0n) is 10.6. The van der Waals surface area contributed by atoms with Gasteiger partial charge in [0.05, 0.1) is 5.69 Å². The average Bonchev–Trinajstić information content (AvgIpc) is 2.29. The summed E-state index contributed by atoms with van der Waals surface area (Å²) in [5.41, 5.74) is 0.202. The van der Waals surface area contributed by atoms with Crippen molar-refractivity contribution >= 4 is 11.6 Å². The number of hydrogen-bond acceptors (Lipinski definition) is 2. The summed E-state index contributed by atoms with van der Waals surface area (Å²) in [6, 6.07) is 3.29. The van der Waals surface area contributed by atoms with Gasteiger partial charge in [0.1, 0.15) is 11.6 Å². The van der Waals surface area contributed by atoms with Crippen molar-refractivity contribution < 1.29 is 13.6 Å². The molecule has 0 fully saturated rings. The minimum absolute atomic E-state index is 0.0845. The van der Waals surface area contributed by atoms with Crippen molar-refractivity contribution in [2.75, 3.05) is 18.4 Å². The summed E-state index contributed by atoms with van der Waals surface area (Å²) in [7, 11) is 0. The molecule has 3 nitrogen and oxygen atoms in total. The molecular weight excluding hydrogens is 238 g/mol. The predicted molar refractivity (Wildman–Crippen MR) is 67.3 cm³/mol. The summed E-state index contributed by atoms with van der Waals surface area (Å²) in [5, 5.41) is 5.52. The van der Waals surface area contributed by atoms with Crippen LogP contribution in [0.1, 0.15) is 20.3 Å². The van der Waals surface area contributed by atoms with E-state index < -0.39 is 11.6 Å². The van der Waals surface area contributed by atoms with Gasteiger partial charge in [-0.25, -0.2) is 8.78 Å². The molecular formula is C13H18F2N2O. The number of anilines is 1. The number of amides is 1. The van der Waals surface area contributed by atoms with Crippen molar-refractivity contribution in [3.05, 3.63) is 29.8 Å². The first-order chi connectivity index (χ1) is 8.49. The molecule has 0 aromatic heterocycles. The van der Waals surface area contributed by atoms with Gasteiger partial charge in [0, 0.05) is 25.6 Å². The number of carbonyl (C=O) groups is 1. The van der Waals surface area contributed by atoms with Crippen LogP contribution in [0.5, 0.6) is 0 Å². The highest BCUT2D eigenvalue weighted by molar-refractivity contribution is 5.76. The molecule has 0 unspecified atom stereocenters. The highest BCUT2D eigenvalue weighted by Gasteiger charge is 2.05. The van der Waals surface area contributed by atoms with E-state index in [0.717, 1.165) is 6.07 Å². The van der Waals surface area contributed by atoms with Crippen LogP contribution >= 0.6 is 0 Å². The van der Waals surface area contributed by atoms with Gasteiger partial charge in [-0.15, -0.1) is 0 Å². The maximum atomic E-state index is 13.2. The van der Waals surface area contributed by atoms with Gasteiger partial charge in [-0.2, -0.15) is 0 Å². The van der Waals surface area contributed by atoms with Gasteiger partial charge in [0.15, 0.2) is 0 Å². The lowest BCUT2D eigenvalue weighted by Gasteiger charge is -2.09. The van der Waals surface area contributed by atoms with Crippen LogP contribution in [0.15, 0.2) is 18.2 Å². The molecule has 0 aliphatic rings. The molecule has 18 heavy (non-hydrogen) atoms. The number of halogens is 2. The lowest BCUT2D eigenvalue weighted by molar-refractivity contribution is -0.120. The second kappa shape index (κ2) is 6.93. The molecule has 100 valence electrons. The Labute approximate surface area is 106 Å². The zero-order chi connectivity index (χ0) is 13.5. The van der Waals surface area contributed by atoms with E-state index in [4.69, 9.17) is 0 Å². The summed E-state index contributed by atoms with van der Waals surface area (Å²) >= 11 is 0. The van der Waals surface area contributed by atoms with E-state index in [0.29, 0.717) is 19.0 Å². The van der Waals surface area contributed by atoms with Crippen LogP contribution in [-0.4, -0.2) is 19.0 Å². The highest BCUT2D eigenvalue weighted by Crippen LogP contribution is 2.14. The number of benzene rings is 1. The standard InChI is InChI=1S/C13H18F2N2O/c1-9(2)8-17-13(18)5-6-16-12-4-3-10(14)7-11(12)15/h3-4,7,9,16H,5-6,8H2,1-2H3,(H,17,18). The first-order valence-electron chi connectivity index (χ1n) is 5.94. The van der Waals surface area contributed by atoms with Gasteiger partial charge < -0.3 is 10.6 Å². The Morgan fingerprint density at radius 1 is 1.33 bits per heavy atom. The molecule has 1 aromatic carbocycles. The van der Waals surface area contributed by atoms with Crippen LogP contribution in [-0.2, 0) is 4.79 Å². The smallest absolute Gasteiger partial charge is 0.221 e. The van der Waals surface area contributed by atoms with Crippen molar-refractivity contribution in [2.24, 2.45) is 5.92 Å². The third-order valence-electron chi connectivity index (χ3n) is 2.31. The monoisotopic (exact) mass is 256 g/mol. The molecule has 1 amide bonds. The van der Waals surface area contributed by atoms with Crippen LogP contribution in [0.4, 0.5) is 14.5 Å². The lowest BCUT2D eigenvalue weighted by atomic mass is 10.2. The molecule has 0 aliphatic heterocycles. The van der Waals surface area contributed by atoms with E-state index in [-0.39, 0.29) is 18.0 Å². The number of nitrogens with one attached hydrogen (secondary N) is 2. The van der Waals surface area contributed by atoms with Gasteiger partial charge in [0.2, 0.25) is 5.91 Å². The van der Waals surface area contributed by atoms with Crippen molar-refractivity contribution in [3.63, 3.8) is 0 Å². The van der Waals surface area contributed by atoms with E-state index in [1.165, 1.54) is 12.1 Å². The molecule has 0 saturated heterocycles. The molecule has 0 bridgehead atoms. The van der Waals surface area contributed by atoms with E-state index >= 15 is 0 Å². The summed E-state index contributed by atoms with van der Waals surface area (Å²) in [6.07, 6.45) is 0.254. The molecule has 0 aliphatic carbocycles. The van der Waals surface area contributed by atoms with Crippen molar-refractivity contribution in [1.82, 2.24) is 5.32 Å². The number of carbonyl (C=O) groups excluding carboxylic acids is 1. The maximum Gasteiger partial charge on any atom is 0.221 e. The van der Waals surface area contributed by atoms with Crippen LogP contribution in [0.25, 0.3) is 0 Å². The Morgan fingerprint density at radius 2 is 2.06 bits per heavy atom. The summed E-state index contributed by atoms with van der Waals surface area (Å²) in [4.78, 5) is 11.4. The first kappa shape index (κ1) is 14.4. The van der Waals surface area contributed by atoms with Gasteiger partial charge in [-0.05, 0) is 18.1 Å². The normalized spacial score (nSPS) is 10.5. The zero-order valence-corrected chi connectivity index (χ0v) is 10.6. The Balaban J connectivity index is 2.31. The predicted octanol–water partition coefficient (Wildman–Crippen LogP) is 2.54. The van der Waals surface area contributed by atoms with Gasteiger partial charge >= 0.3 is 0 Å². The van der Waals surface area contributed by atoms with Crippen molar-refractivity contribution in [1.29, 1.82) is 0 Å². The molecule has 0 saturated carbocycles. The van der Waals surface area contributed by atoms with E-state index in [2.05, 4.69) is 10.6 Å². The summed E-state index contributed by atoms with van der Waals surface area (Å²) in [5.74, 6) is -0.958. The highest BCUT2D eigenvalue weighted by atomic mass is 19.1. The minimum Gasteiger partial charge on any atom is -0.382 e. The number of hydrogen-bond donors (Lipinski definition) is 2. The molecule has 0 atom stereocenters. The molecule has 0 radical (unpaired) electrons. The fourth-order valence-corrected chi connectivity index (χ4v) is 1.35. The van der Waals surface area contributed by atoms with Crippen LogP contribution < -0.4 is 10.6 Å². The quantitative estimate of drug-likeness (QED) is 0.821. The third kappa shape index (κ3) is 5.12. The van der Waals surface area contributed by atoms with E-state index in [9.17, 15) is 13.6 Å². The van der Waals surface area contributed by atoms with Gasteiger partial charge in [-0.3, -0.25) is 4.79 Å². The third-order valence-corrected chi connectivity index (χ3v) is 2.31. The Kier molecular flexibility index (Phi) is 5.55. The topological polar surface area (TPSA) is 41.1 Å². The van der Waals surface area contributed by atoms with Crippen molar-refractivity contribution in [3.8, 4) is 0 Å². The first-order valence-corrected chi connectivity index (χ1v) is 5.94. The fraction of sp³-hybridized carbons (Fsp3) is 0.462.